The molecule has 0 bridgehead atoms. The number of nitrogens with one attached hydrogen (secondary N) is 1. The van der Waals surface area contributed by atoms with Gasteiger partial charge in [0.25, 0.3) is 12.2 Å². The van der Waals surface area contributed by atoms with Gasteiger partial charge < -0.3 is 19.5 Å². The molecule has 2 unspecified atom stereocenters. The first-order valence-electron chi connectivity index (χ1n) is 25.5. The lowest BCUT2D eigenvalue weighted by molar-refractivity contribution is -0.0707. The van der Waals surface area contributed by atoms with Crippen molar-refractivity contribution < 1.29 is 23.8 Å². The number of hydrogen-bond acceptors (Lipinski definition) is 5. The van der Waals surface area contributed by atoms with Crippen molar-refractivity contribution in [1.29, 1.82) is 0 Å². The molecule has 8 aromatic carbocycles. The van der Waals surface area contributed by atoms with Crippen molar-refractivity contribution in [2.24, 2.45) is 5.92 Å². The molecule has 2 aliphatic heterocycles. The van der Waals surface area contributed by atoms with Crippen molar-refractivity contribution >= 4 is 34.4 Å². The molecule has 11 rings (SSSR count). The Morgan fingerprint density at radius 1 is 0.634 bits per heavy atom. The molecule has 2 heterocycles. The van der Waals surface area contributed by atoms with E-state index in [4.69, 9.17) is 14.2 Å². The van der Waals surface area contributed by atoms with E-state index in [-0.39, 0.29) is 11.8 Å². The second-order valence-corrected chi connectivity index (χ2v) is 19.6. The van der Waals surface area contributed by atoms with Gasteiger partial charge in [-0.3, -0.25) is 4.79 Å². The van der Waals surface area contributed by atoms with E-state index < -0.39 is 17.9 Å². The highest BCUT2D eigenvalue weighted by Crippen LogP contribution is 2.52. The fraction of sp³-hybridized carbons (Fsp3) is 0.231. The minimum atomic E-state index is -0.972. The van der Waals surface area contributed by atoms with E-state index in [0.29, 0.717) is 39.8 Å². The third-order valence-corrected chi connectivity index (χ3v) is 15.2. The van der Waals surface area contributed by atoms with Crippen LogP contribution in [0.4, 0.5) is 5.69 Å². The number of unbranched alkanes of at least 4 members (excludes halogenated alkanes) is 2. The van der Waals surface area contributed by atoms with Crippen LogP contribution in [0.25, 0.3) is 39.1 Å². The number of esters is 1. The lowest BCUT2D eigenvalue weighted by Crippen LogP contribution is -2.37. The topological polar surface area (TPSA) is 73.9 Å². The summed E-state index contributed by atoms with van der Waals surface area (Å²) in [5, 5.41) is 4.64. The summed E-state index contributed by atoms with van der Waals surface area (Å²) in [5.74, 6) is 1.71. The number of hydrogen-bond donors (Lipinski definition) is 1. The van der Waals surface area contributed by atoms with Crippen LogP contribution in [0.2, 0.25) is 0 Å². The number of rotatable bonds is 13. The van der Waals surface area contributed by atoms with Crippen molar-refractivity contribution in [3.05, 3.63) is 227 Å². The Kier molecular flexibility index (Phi) is 12.9. The quantitative estimate of drug-likeness (QED) is 0.0921. The van der Waals surface area contributed by atoms with Gasteiger partial charge in [0.1, 0.15) is 17.1 Å². The second kappa shape index (κ2) is 20.0. The average Bonchev–Trinajstić information content (AvgIpc) is 3.44. The zero-order chi connectivity index (χ0) is 48.3. The Bertz CT molecular complexity index is 3150. The predicted octanol–water partition coefficient (Wildman–Crippen LogP) is 16.3. The number of carbonyl (C=O) groups is 2. The molecule has 0 saturated heterocycles. The molecule has 71 heavy (non-hydrogen) atoms. The van der Waals surface area contributed by atoms with Gasteiger partial charge in [0.2, 0.25) is 0 Å². The van der Waals surface area contributed by atoms with Gasteiger partial charge in [-0.15, -0.1) is 0 Å². The number of cyclic esters (lactones) is 1. The molecule has 6 nitrogen and oxygen atoms in total. The van der Waals surface area contributed by atoms with E-state index in [1.807, 2.05) is 134 Å². The first-order chi connectivity index (χ1) is 34.8. The molecular formula is C65H59NO5. The van der Waals surface area contributed by atoms with Crippen LogP contribution in [-0.4, -0.2) is 18.2 Å². The number of benzene rings is 8. The molecule has 1 fully saturated rings. The largest absolute Gasteiger partial charge is 0.472 e. The molecule has 8 aromatic rings. The lowest BCUT2D eigenvalue weighted by atomic mass is 9.77. The van der Waals surface area contributed by atoms with Gasteiger partial charge >= 0.3 is 5.97 Å². The zero-order valence-electron chi connectivity index (χ0n) is 40.5. The number of fused-ring (bicyclic) bond motifs is 6. The summed E-state index contributed by atoms with van der Waals surface area (Å²) in [5.41, 5.74) is 9.69. The Balaban J connectivity index is 0.849. The smallest absolute Gasteiger partial charge is 0.345 e. The maximum Gasteiger partial charge on any atom is 0.345 e. The Hall–Kier alpha value is -7.70. The number of amides is 1. The summed E-state index contributed by atoms with van der Waals surface area (Å²) >= 11 is 0. The highest BCUT2D eigenvalue weighted by Gasteiger charge is 2.43. The molecule has 0 spiro atoms. The van der Waals surface area contributed by atoms with Crippen LogP contribution in [0.15, 0.2) is 188 Å². The molecule has 6 heteroatoms. The van der Waals surface area contributed by atoms with Gasteiger partial charge in [-0.2, -0.15) is 0 Å². The van der Waals surface area contributed by atoms with Crippen LogP contribution in [0, 0.1) is 5.92 Å². The summed E-state index contributed by atoms with van der Waals surface area (Å²) < 4.78 is 20.2. The van der Waals surface area contributed by atoms with E-state index in [2.05, 4.69) is 79.0 Å². The molecule has 0 aromatic heterocycles. The highest BCUT2D eigenvalue weighted by atomic mass is 16.7. The van der Waals surface area contributed by atoms with Crippen molar-refractivity contribution in [2.75, 3.05) is 5.32 Å². The van der Waals surface area contributed by atoms with Crippen molar-refractivity contribution in [3.8, 4) is 33.8 Å². The summed E-state index contributed by atoms with van der Waals surface area (Å²) in [4.78, 5) is 28.0. The summed E-state index contributed by atoms with van der Waals surface area (Å²) in [6, 6.07) is 61.2. The summed E-state index contributed by atoms with van der Waals surface area (Å²) in [6.07, 6.45) is 13.9. The fourth-order valence-corrected chi connectivity index (χ4v) is 11.1. The molecular weight excluding hydrogens is 875 g/mol. The van der Waals surface area contributed by atoms with Crippen LogP contribution in [0.3, 0.4) is 0 Å². The van der Waals surface area contributed by atoms with Crippen molar-refractivity contribution in [2.45, 2.75) is 88.9 Å². The van der Waals surface area contributed by atoms with Crippen LogP contribution < -0.4 is 14.8 Å². The third kappa shape index (κ3) is 9.16. The molecule has 1 N–H and O–H groups in total. The Morgan fingerprint density at radius 2 is 1.23 bits per heavy atom. The Labute approximate surface area is 417 Å². The van der Waals surface area contributed by atoms with Crippen LogP contribution in [-0.2, 0) is 10.3 Å². The van der Waals surface area contributed by atoms with E-state index in [9.17, 15) is 9.59 Å². The van der Waals surface area contributed by atoms with E-state index in [0.717, 1.165) is 55.6 Å². The Morgan fingerprint density at radius 3 is 1.87 bits per heavy atom. The summed E-state index contributed by atoms with van der Waals surface area (Å²) in [7, 11) is 0. The minimum absolute atomic E-state index is 0.175. The van der Waals surface area contributed by atoms with Crippen molar-refractivity contribution in [3.63, 3.8) is 0 Å². The molecule has 0 radical (unpaired) electrons. The number of anilines is 1. The van der Waals surface area contributed by atoms with Gasteiger partial charge in [-0.1, -0.05) is 185 Å². The van der Waals surface area contributed by atoms with Gasteiger partial charge in [0.15, 0.2) is 5.60 Å². The lowest BCUT2D eigenvalue weighted by Gasteiger charge is -2.38. The van der Waals surface area contributed by atoms with Gasteiger partial charge in [-0.25, -0.2) is 4.79 Å². The molecule has 354 valence electrons. The number of carbonyl (C=O) groups excluding carboxylic acids is 2. The first-order valence-corrected chi connectivity index (χ1v) is 25.5. The standard InChI is InChI=1S/C65H59NO5/c1-3-4-8-15-44-22-24-46(25-23-44)47-26-28-48(29-27-47)49-30-32-51(33-31-49)62(67)66-55-37-34-50(35-38-55)52-36-39-56-58(42-52)61-59(63(68)70-64(69-61)43(2)45-16-9-5-10-17-45)57-40-41-65(71-60(56)57,53-18-11-6-12-19-53)54-20-13-7-14-21-54/h5-7,9-14,16-21,26-44,46,64H,3-4,8,15,22-25H2,1-2H3,(H,66,67)/t43?,44-,46-,64?. The SMILES string of the molecule is CCCCC[C@H]1CC[C@H](c2ccc(-c3ccc(C(=O)Nc4ccc(-c5ccc6c7c(c8c(c6c5)OC(C(C)c5ccccc5)OC8=O)C=CC(c5ccccc5)(c5ccccc5)O7)cc4)cc3)cc2)CC1. The number of ether oxygens (including phenoxy) is 3. The van der Waals surface area contributed by atoms with E-state index in [1.54, 1.807) is 0 Å². The van der Waals surface area contributed by atoms with Gasteiger partial charge in [0.05, 0.1) is 5.92 Å². The van der Waals surface area contributed by atoms with Crippen molar-refractivity contribution in [1.82, 2.24) is 0 Å². The monoisotopic (exact) mass is 933 g/mol. The average molecular weight is 934 g/mol. The molecule has 1 amide bonds. The predicted molar refractivity (Wildman–Crippen MR) is 286 cm³/mol. The van der Waals surface area contributed by atoms with Gasteiger partial charge in [0, 0.05) is 38.7 Å². The summed E-state index contributed by atoms with van der Waals surface area (Å²) in [6.45, 7) is 4.30. The minimum Gasteiger partial charge on any atom is -0.472 e. The normalized spacial score (nSPS) is 18.3. The molecule has 2 atom stereocenters. The molecule has 1 saturated carbocycles. The molecule has 1 aliphatic carbocycles. The maximum absolute atomic E-state index is 14.4. The van der Waals surface area contributed by atoms with E-state index >= 15 is 0 Å². The third-order valence-electron chi connectivity index (χ3n) is 15.2. The first kappa shape index (κ1) is 45.7. The van der Waals surface area contributed by atoms with Crippen LogP contribution in [0.1, 0.15) is 126 Å². The van der Waals surface area contributed by atoms with E-state index in [1.165, 1.54) is 56.9 Å². The van der Waals surface area contributed by atoms with Gasteiger partial charge in [-0.05, 0) is 119 Å². The fourth-order valence-electron chi connectivity index (χ4n) is 11.1. The maximum atomic E-state index is 14.4. The molecule has 3 aliphatic rings. The highest BCUT2D eigenvalue weighted by molar-refractivity contribution is 6.10. The van der Waals surface area contributed by atoms with Crippen LogP contribution in [0.5, 0.6) is 11.5 Å². The van der Waals surface area contributed by atoms with Crippen LogP contribution >= 0.6 is 0 Å². The zero-order valence-corrected chi connectivity index (χ0v) is 40.5. The second-order valence-electron chi connectivity index (χ2n) is 19.6.